The first kappa shape index (κ1) is 18.5. The van der Waals surface area contributed by atoms with E-state index < -0.39 is 5.91 Å². The summed E-state index contributed by atoms with van der Waals surface area (Å²) in [4.78, 5) is 18.4. The predicted octanol–water partition coefficient (Wildman–Crippen LogP) is 3.29. The molecule has 0 saturated carbocycles. The summed E-state index contributed by atoms with van der Waals surface area (Å²) in [5.74, 6) is -0.443. The van der Waals surface area contributed by atoms with Gasteiger partial charge in [0.25, 0.3) is 11.9 Å². The van der Waals surface area contributed by atoms with Crippen molar-refractivity contribution in [2.75, 3.05) is 31.2 Å². The molecule has 3 heterocycles. The molecular formula is C19H21ClN6O2. The van der Waals surface area contributed by atoms with Gasteiger partial charge in [-0.3, -0.25) is 9.48 Å². The van der Waals surface area contributed by atoms with Crippen LogP contribution in [0, 0.1) is 0 Å². The molecule has 0 atom stereocenters. The minimum absolute atomic E-state index is 0.0636. The first-order valence-corrected chi connectivity index (χ1v) is 9.42. The van der Waals surface area contributed by atoms with E-state index in [1.54, 1.807) is 6.07 Å². The SMILES string of the molecule is CN1CCC(n2cc(-c3ccc(Cl)c(NC(=O)c4coc(N)n4)c3)cn2)CC1. The van der Waals surface area contributed by atoms with Crippen LogP contribution in [-0.4, -0.2) is 45.7 Å². The summed E-state index contributed by atoms with van der Waals surface area (Å²) in [7, 11) is 2.14. The molecule has 0 bridgehead atoms. The Morgan fingerprint density at radius 2 is 2.11 bits per heavy atom. The van der Waals surface area contributed by atoms with Gasteiger partial charge in [0.15, 0.2) is 5.69 Å². The van der Waals surface area contributed by atoms with Crippen LogP contribution in [0.15, 0.2) is 41.3 Å². The van der Waals surface area contributed by atoms with Crippen LogP contribution < -0.4 is 11.1 Å². The first-order chi connectivity index (χ1) is 13.5. The summed E-state index contributed by atoms with van der Waals surface area (Å²) in [5.41, 5.74) is 7.88. The van der Waals surface area contributed by atoms with Crippen LogP contribution in [0.3, 0.4) is 0 Å². The number of carbonyl (C=O) groups excluding carboxylic acids is 1. The maximum absolute atomic E-state index is 12.3. The molecular weight excluding hydrogens is 380 g/mol. The Bertz CT molecular complexity index is 990. The zero-order chi connectivity index (χ0) is 19.7. The van der Waals surface area contributed by atoms with Crippen LogP contribution in [-0.2, 0) is 0 Å². The van der Waals surface area contributed by atoms with Gasteiger partial charge in [-0.2, -0.15) is 10.1 Å². The second-order valence-electron chi connectivity index (χ2n) is 6.96. The fourth-order valence-corrected chi connectivity index (χ4v) is 3.49. The van der Waals surface area contributed by atoms with Crippen molar-refractivity contribution in [2.45, 2.75) is 18.9 Å². The van der Waals surface area contributed by atoms with Crippen molar-refractivity contribution in [3.63, 3.8) is 0 Å². The minimum Gasteiger partial charge on any atom is -0.431 e. The van der Waals surface area contributed by atoms with E-state index in [0.29, 0.717) is 16.8 Å². The monoisotopic (exact) mass is 400 g/mol. The highest BCUT2D eigenvalue weighted by Crippen LogP contribution is 2.30. The summed E-state index contributed by atoms with van der Waals surface area (Å²) >= 11 is 6.25. The van der Waals surface area contributed by atoms with E-state index in [1.807, 2.05) is 29.2 Å². The van der Waals surface area contributed by atoms with Crippen LogP contribution in [0.1, 0.15) is 29.4 Å². The van der Waals surface area contributed by atoms with E-state index in [4.69, 9.17) is 21.8 Å². The van der Waals surface area contributed by atoms with Gasteiger partial charge < -0.3 is 20.4 Å². The molecule has 4 rings (SSSR count). The van der Waals surface area contributed by atoms with Gasteiger partial charge in [-0.25, -0.2) is 0 Å². The highest BCUT2D eigenvalue weighted by Gasteiger charge is 2.19. The number of oxazole rings is 1. The molecule has 1 aliphatic heterocycles. The van der Waals surface area contributed by atoms with E-state index in [0.717, 1.165) is 37.1 Å². The highest BCUT2D eigenvalue weighted by atomic mass is 35.5. The molecule has 2 aromatic heterocycles. The number of amides is 1. The number of anilines is 2. The van der Waals surface area contributed by atoms with Gasteiger partial charge >= 0.3 is 0 Å². The summed E-state index contributed by atoms with van der Waals surface area (Å²) in [6.07, 6.45) is 7.25. The standard InChI is InChI=1S/C19H21ClN6O2/c1-25-6-4-14(5-7-25)26-10-13(9-22-26)12-2-3-15(20)16(8-12)23-18(27)17-11-28-19(21)24-17/h2-3,8-11,14H,4-7H2,1H3,(H2,21,24)(H,23,27). The number of nitrogens with zero attached hydrogens (tertiary/aromatic N) is 4. The lowest BCUT2D eigenvalue weighted by Crippen LogP contribution is -2.31. The Morgan fingerprint density at radius 1 is 1.32 bits per heavy atom. The molecule has 0 unspecified atom stereocenters. The molecule has 8 nitrogen and oxygen atoms in total. The van der Waals surface area contributed by atoms with E-state index in [-0.39, 0.29) is 11.7 Å². The third-order valence-electron chi connectivity index (χ3n) is 4.97. The average Bonchev–Trinajstić information content (AvgIpc) is 3.33. The van der Waals surface area contributed by atoms with Crippen LogP contribution >= 0.6 is 11.6 Å². The maximum atomic E-state index is 12.3. The fourth-order valence-electron chi connectivity index (χ4n) is 3.33. The number of rotatable bonds is 4. The molecule has 9 heteroatoms. The molecule has 1 fully saturated rings. The van der Waals surface area contributed by atoms with Crippen molar-refractivity contribution in [1.82, 2.24) is 19.7 Å². The topological polar surface area (TPSA) is 102 Å². The number of nitrogens with two attached hydrogens (primary N) is 1. The molecule has 1 aromatic carbocycles. The Balaban J connectivity index is 1.53. The predicted molar refractivity (Wildman–Crippen MR) is 107 cm³/mol. The molecule has 3 N–H and O–H groups in total. The van der Waals surface area contributed by atoms with Crippen molar-refractivity contribution in [2.24, 2.45) is 0 Å². The van der Waals surface area contributed by atoms with Crippen molar-refractivity contribution in [1.29, 1.82) is 0 Å². The Hall–Kier alpha value is -2.84. The van der Waals surface area contributed by atoms with Gasteiger partial charge in [-0.15, -0.1) is 0 Å². The Labute approximate surface area is 167 Å². The minimum atomic E-state index is -0.443. The number of nitrogens with one attached hydrogen (secondary N) is 1. The van der Waals surface area contributed by atoms with Crippen molar-refractivity contribution in [3.05, 3.63) is 47.6 Å². The molecule has 146 valence electrons. The van der Waals surface area contributed by atoms with Gasteiger partial charge in [-0.1, -0.05) is 17.7 Å². The summed E-state index contributed by atoms with van der Waals surface area (Å²) < 4.78 is 6.91. The number of hydrogen-bond acceptors (Lipinski definition) is 6. The number of benzene rings is 1. The number of nitrogen functional groups attached to an aromatic ring is 1. The van der Waals surface area contributed by atoms with E-state index >= 15 is 0 Å². The van der Waals surface area contributed by atoms with Gasteiger partial charge in [0.2, 0.25) is 0 Å². The molecule has 0 spiro atoms. The summed E-state index contributed by atoms with van der Waals surface area (Å²) in [6, 6.07) is 5.82. The van der Waals surface area contributed by atoms with Gasteiger partial charge in [0.1, 0.15) is 6.26 Å². The summed E-state index contributed by atoms with van der Waals surface area (Å²) in [5, 5.41) is 7.72. The number of hydrogen-bond donors (Lipinski definition) is 2. The normalized spacial score (nSPS) is 15.6. The van der Waals surface area contributed by atoms with E-state index in [1.165, 1.54) is 6.26 Å². The number of halogens is 1. The number of carbonyl (C=O) groups is 1. The Morgan fingerprint density at radius 3 is 2.82 bits per heavy atom. The maximum Gasteiger partial charge on any atom is 0.292 e. The molecule has 3 aromatic rings. The quantitative estimate of drug-likeness (QED) is 0.696. The van der Waals surface area contributed by atoms with Crippen molar-refractivity contribution >= 4 is 29.2 Å². The first-order valence-electron chi connectivity index (χ1n) is 9.04. The van der Waals surface area contributed by atoms with Crippen LogP contribution in [0.25, 0.3) is 11.1 Å². The number of aromatic nitrogens is 3. The zero-order valence-corrected chi connectivity index (χ0v) is 16.2. The van der Waals surface area contributed by atoms with Gasteiger partial charge in [0.05, 0.1) is 22.9 Å². The lowest BCUT2D eigenvalue weighted by molar-refractivity contribution is 0.102. The van der Waals surface area contributed by atoms with Crippen LogP contribution in [0.4, 0.5) is 11.7 Å². The third-order valence-corrected chi connectivity index (χ3v) is 5.30. The van der Waals surface area contributed by atoms with Crippen LogP contribution in [0.2, 0.25) is 5.02 Å². The number of piperidine rings is 1. The lowest BCUT2D eigenvalue weighted by Gasteiger charge is -2.28. The van der Waals surface area contributed by atoms with Crippen LogP contribution in [0.5, 0.6) is 0 Å². The highest BCUT2D eigenvalue weighted by molar-refractivity contribution is 6.34. The average molecular weight is 401 g/mol. The second kappa shape index (κ2) is 7.65. The van der Waals surface area contributed by atoms with Crippen molar-refractivity contribution < 1.29 is 9.21 Å². The van der Waals surface area contributed by atoms with Gasteiger partial charge in [0, 0.05) is 11.8 Å². The third kappa shape index (κ3) is 3.88. The molecule has 0 radical (unpaired) electrons. The lowest BCUT2D eigenvalue weighted by atomic mass is 10.1. The van der Waals surface area contributed by atoms with Crippen molar-refractivity contribution in [3.8, 4) is 11.1 Å². The molecule has 1 amide bonds. The van der Waals surface area contributed by atoms with E-state index in [9.17, 15) is 4.79 Å². The van der Waals surface area contributed by atoms with E-state index in [2.05, 4.69) is 27.3 Å². The number of likely N-dealkylation sites (tertiary alicyclic amines) is 1. The smallest absolute Gasteiger partial charge is 0.292 e. The molecule has 28 heavy (non-hydrogen) atoms. The zero-order valence-electron chi connectivity index (χ0n) is 15.4. The largest absolute Gasteiger partial charge is 0.431 e. The molecule has 0 aliphatic carbocycles. The summed E-state index contributed by atoms with van der Waals surface area (Å²) in [6.45, 7) is 2.15. The van der Waals surface area contributed by atoms with Gasteiger partial charge in [-0.05, 0) is 50.7 Å². The molecule has 1 saturated heterocycles. The Kier molecular flexibility index (Phi) is 5.06. The second-order valence-corrected chi connectivity index (χ2v) is 7.37. The molecule has 1 aliphatic rings. The fraction of sp³-hybridized carbons (Fsp3) is 0.316.